The van der Waals surface area contributed by atoms with Crippen molar-refractivity contribution < 1.29 is 4.74 Å². The van der Waals surface area contributed by atoms with Gasteiger partial charge in [-0.3, -0.25) is 0 Å². The lowest BCUT2D eigenvalue weighted by Gasteiger charge is -2.07. The monoisotopic (exact) mass is 213 g/mol. The van der Waals surface area contributed by atoms with Gasteiger partial charge in [-0.15, -0.1) is 0 Å². The summed E-state index contributed by atoms with van der Waals surface area (Å²) in [6.45, 7) is 4.30. The molecule has 82 valence electrons. The lowest BCUT2D eigenvalue weighted by Crippen LogP contribution is -1.91. The van der Waals surface area contributed by atoms with Gasteiger partial charge >= 0.3 is 0 Å². The van der Waals surface area contributed by atoms with Crippen LogP contribution in [0.1, 0.15) is 25.3 Å². The molecule has 16 heavy (non-hydrogen) atoms. The van der Waals surface area contributed by atoms with Crippen LogP contribution in [0, 0.1) is 0 Å². The minimum atomic E-state index is 0.498. The first-order valence-corrected chi connectivity index (χ1v) is 5.44. The molecule has 0 unspecified atom stereocenters. The molecule has 2 rings (SSSR count). The van der Waals surface area contributed by atoms with Gasteiger partial charge in [0, 0.05) is 12.3 Å². The van der Waals surface area contributed by atoms with Gasteiger partial charge in [-0.25, -0.2) is 4.98 Å². The summed E-state index contributed by atoms with van der Waals surface area (Å²) < 4.78 is 5.60. The summed E-state index contributed by atoms with van der Waals surface area (Å²) in [5, 5.41) is 0. The summed E-state index contributed by atoms with van der Waals surface area (Å²) >= 11 is 0. The van der Waals surface area contributed by atoms with Gasteiger partial charge in [-0.05, 0) is 23.6 Å². The third-order valence-corrected chi connectivity index (χ3v) is 2.39. The van der Waals surface area contributed by atoms with Gasteiger partial charge in [0.1, 0.15) is 5.75 Å². The Balaban J connectivity index is 2.11. The maximum absolute atomic E-state index is 5.60. The molecule has 1 aromatic carbocycles. The van der Waals surface area contributed by atoms with E-state index in [1.807, 2.05) is 42.6 Å². The SMILES string of the molecule is CC(C)c1ccc(Oc2ccccc2)nc1. The Kier molecular flexibility index (Phi) is 3.20. The molecular formula is C14H15NO. The van der Waals surface area contributed by atoms with Gasteiger partial charge in [0.15, 0.2) is 0 Å². The summed E-state index contributed by atoms with van der Waals surface area (Å²) in [7, 11) is 0. The summed E-state index contributed by atoms with van der Waals surface area (Å²) in [5.41, 5.74) is 1.22. The lowest BCUT2D eigenvalue weighted by atomic mass is 10.1. The van der Waals surface area contributed by atoms with E-state index in [2.05, 4.69) is 24.9 Å². The van der Waals surface area contributed by atoms with Crippen LogP contribution in [0.25, 0.3) is 0 Å². The number of aromatic nitrogens is 1. The maximum Gasteiger partial charge on any atom is 0.219 e. The first kappa shape index (κ1) is 10.7. The molecule has 1 aromatic heterocycles. The largest absolute Gasteiger partial charge is 0.439 e. The molecule has 0 aliphatic rings. The smallest absolute Gasteiger partial charge is 0.219 e. The normalized spacial score (nSPS) is 10.4. The van der Waals surface area contributed by atoms with Crippen molar-refractivity contribution in [2.75, 3.05) is 0 Å². The molecule has 0 N–H and O–H groups in total. The zero-order valence-corrected chi connectivity index (χ0v) is 9.55. The van der Waals surface area contributed by atoms with Gasteiger partial charge in [0.2, 0.25) is 5.88 Å². The molecule has 0 atom stereocenters. The summed E-state index contributed by atoms with van der Waals surface area (Å²) in [6, 6.07) is 13.6. The summed E-state index contributed by atoms with van der Waals surface area (Å²) in [4.78, 5) is 4.27. The van der Waals surface area contributed by atoms with Crippen molar-refractivity contribution in [3.63, 3.8) is 0 Å². The standard InChI is InChI=1S/C14H15NO/c1-11(2)12-8-9-14(15-10-12)16-13-6-4-3-5-7-13/h3-11H,1-2H3. The third-order valence-electron chi connectivity index (χ3n) is 2.39. The summed E-state index contributed by atoms with van der Waals surface area (Å²) in [5.74, 6) is 1.95. The highest BCUT2D eigenvalue weighted by Gasteiger charge is 2.01. The number of ether oxygens (including phenoxy) is 1. The highest BCUT2D eigenvalue weighted by Crippen LogP contribution is 2.20. The van der Waals surface area contributed by atoms with Crippen molar-refractivity contribution in [1.29, 1.82) is 0 Å². The second kappa shape index (κ2) is 4.79. The van der Waals surface area contributed by atoms with Gasteiger partial charge in [-0.1, -0.05) is 38.1 Å². The van der Waals surface area contributed by atoms with E-state index < -0.39 is 0 Å². The first-order valence-electron chi connectivity index (χ1n) is 5.44. The Morgan fingerprint density at radius 2 is 1.75 bits per heavy atom. The van der Waals surface area contributed by atoms with Gasteiger partial charge in [0.25, 0.3) is 0 Å². The molecule has 0 amide bonds. The van der Waals surface area contributed by atoms with E-state index >= 15 is 0 Å². The fourth-order valence-corrected chi connectivity index (χ4v) is 1.40. The number of benzene rings is 1. The molecule has 0 aliphatic heterocycles. The molecule has 0 saturated heterocycles. The van der Waals surface area contributed by atoms with Crippen LogP contribution < -0.4 is 4.74 Å². The van der Waals surface area contributed by atoms with Crippen LogP contribution in [-0.4, -0.2) is 4.98 Å². The Labute approximate surface area is 95.9 Å². The number of pyridine rings is 1. The Hall–Kier alpha value is -1.83. The molecule has 0 bridgehead atoms. The fourth-order valence-electron chi connectivity index (χ4n) is 1.40. The zero-order valence-electron chi connectivity index (χ0n) is 9.55. The average Bonchev–Trinajstić information content (AvgIpc) is 2.31. The molecule has 0 radical (unpaired) electrons. The van der Waals surface area contributed by atoms with Crippen LogP contribution in [0.5, 0.6) is 11.6 Å². The highest BCUT2D eigenvalue weighted by atomic mass is 16.5. The van der Waals surface area contributed by atoms with Crippen molar-refractivity contribution in [2.45, 2.75) is 19.8 Å². The molecule has 2 aromatic rings. The molecule has 0 spiro atoms. The van der Waals surface area contributed by atoms with Crippen LogP contribution in [0.2, 0.25) is 0 Å². The van der Waals surface area contributed by atoms with E-state index in [4.69, 9.17) is 4.74 Å². The fraction of sp³-hybridized carbons (Fsp3) is 0.214. The predicted molar refractivity (Wildman–Crippen MR) is 64.8 cm³/mol. The van der Waals surface area contributed by atoms with Crippen LogP contribution in [-0.2, 0) is 0 Å². The second-order valence-corrected chi connectivity index (χ2v) is 4.00. The van der Waals surface area contributed by atoms with E-state index in [-0.39, 0.29) is 0 Å². The van der Waals surface area contributed by atoms with E-state index in [0.29, 0.717) is 11.8 Å². The lowest BCUT2D eigenvalue weighted by molar-refractivity contribution is 0.462. The maximum atomic E-state index is 5.60. The highest BCUT2D eigenvalue weighted by molar-refractivity contribution is 5.28. The quantitative estimate of drug-likeness (QED) is 0.768. The molecule has 2 heteroatoms. The second-order valence-electron chi connectivity index (χ2n) is 4.00. The van der Waals surface area contributed by atoms with Crippen molar-refractivity contribution in [3.05, 3.63) is 54.2 Å². The van der Waals surface area contributed by atoms with E-state index in [9.17, 15) is 0 Å². The molecule has 0 saturated carbocycles. The van der Waals surface area contributed by atoms with Crippen molar-refractivity contribution in [2.24, 2.45) is 0 Å². The van der Waals surface area contributed by atoms with Crippen molar-refractivity contribution in [3.8, 4) is 11.6 Å². The van der Waals surface area contributed by atoms with Crippen molar-refractivity contribution >= 4 is 0 Å². The van der Waals surface area contributed by atoms with E-state index in [1.165, 1.54) is 5.56 Å². The molecule has 0 aliphatic carbocycles. The van der Waals surface area contributed by atoms with Gasteiger partial charge in [0.05, 0.1) is 0 Å². The number of para-hydroxylation sites is 1. The predicted octanol–water partition coefficient (Wildman–Crippen LogP) is 4.00. The average molecular weight is 213 g/mol. The number of hydrogen-bond acceptors (Lipinski definition) is 2. The van der Waals surface area contributed by atoms with E-state index in [1.54, 1.807) is 0 Å². The van der Waals surface area contributed by atoms with Crippen LogP contribution >= 0.6 is 0 Å². The minimum Gasteiger partial charge on any atom is -0.439 e. The minimum absolute atomic E-state index is 0.498. The van der Waals surface area contributed by atoms with E-state index in [0.717, 1.165) is 5.75 Å². The Morgan fingerprint density at radius 3 is 2.31 bits per heavy atom. The molecular weight excluding hydrogens is 198 g/mol. The Morgan fingerprint density at radius 1 is 1.00 bits per heavy atom. The number of hydrogen-bond donors (Lipinski definition) is 0. The molecule has 0 fully saturated rings. The van der Waals surface area contributed by atoms with Gasteiger partial charge in [-0.2, -0.15) is 0 Å². The molecule has 2 nitrogen and oxygen atoms in total. The Bertz CT molecular complexity index is 434. The number of nitrogens with zero attached hydrogens (tertiary/aromatic N) is 1. The van der Waals surface area contributed by atoms with Crippen molar-refractivity contribution in [1.82, 2.24) is 4.98 Å². The topological polar surface area (TPSA) is 22.1 Å². The first-order chi connectivity index (χ1) is 7.75. The van der Waals surface area contributed by atoms with Crippen LogP contribution in [0.4, 0.5) is 0 Å². The number of rotatable bonds is 3. The zero-order chi connectivity index (χ0) is 11.4. The third kappa shape index (κ3) is 2.60. The van der Waals surface area contributed by atoms with Crippen LogP contribution in [0.15, 0.2) is 48.7 Å². The summed E-state index contributed by atoms with van der Waals surface area (Å²) in [6.07, 6.45) is 1.86. The molecule has 1 heterocycles. The van der Waals surface area contributed by atoms with Gasteiger partial charge < -0.3 is 4.74 Å². The van der Waals surface area contributed by atoms with Crippen LogP contribution in [0.3, 0.4) is 0 Å².